The van der Waals surface area contributed by atoms with Gasteiger partial charge in [-0.25, -0.2) is 0 Å². The lowest BCUT2D eigenvalue weighted by Crippen LogP contribution is -2.47. The molecule has 3 fully saturated rings. The molecule has 2 heteroatoms. The second kappa shape index (κ2) is 5.13. The summed E-state index contributed by atoms with van der Waals surface area (Å²) in [6.45, 7) is 3.12. The van der Waals surface area contributed by atoms with Gasteiger partial charge in [-0.15, -0.1) is 0 Å². The van der Waals surface area contributed by atoms with Crippen LogP contribution in [0.4, 0.5) is 0 Å². The largest absolute Gasteiger partial charge is 0.389 e. The van der Waals surface area contributed by atoms with Crippen molar-refractivity contribution in [3.63, 3.8) is 0 Å². The monoisotopic (exact) mass is 251 g/mol. The van der Waals surface area contributed by atoms with E-state index in [1.54, 1.807) is 0 Å². The number of nitrogens with one attached hydrogen (secondary N) is 1. The quantitative estimate of drug-likeness (QED) is 0.804. The van der Waals surface area contributed by atoms with Crippen LogP contribution in [0.25, 0.3) is 0 Å². The van der Waals surface area contributed by atoms with Crippen molar-refractivity contribution in [1.29, 1.82) is 0 Å². The van der Waals surface area contributed by atoms with Crippen LogP contribution in [-0.2, 0) is 0 Å². The summed E-state index contributed by atoms with van der Waals surface area (Å²) < 4.78 is 0. The molecule has 0 saturated heterocycles. The first kappa shape index (κ1) is 12.9. The van der Waals surface area contributed by atoms with Crippen molar-refractivity contribution in [3.8, 4) is 0 Å². The Labute approximate surface area is 112 Å². The smallest absolute Gasteiger partial charge is 0.0771 e. The molecule has 2 N–H and O–H groups in total. The number of hydrogen-bond acceptors (Lipinski definition) is 2. The third-order valence-corrected chi connectivity index (χ3v) is 6.04. The maximum atomic E-state index is 10.7. The molecule has 0 aromatic rings. The molecule has 3 rings (SSSR count). The van der Waals surface area contributed by atoms with Gasteiger partial charge in [-0.3, -0.25) is 0 Å². The van der Waals surface area contributed by atoms with Gasteiger partial charge in [0.25, 0.3) is 0 Å². The van der Waals surface area contributed by atoms with Crippen molar-refractivity contribution >= 4 is 0 Å². The Balaban J connectivity index is 1.45. The molecule has 104 valence electrons. The van der Waals surface area contributed by atoms with Crippen molar-refractivity contribution < 1.29 is 5.11 Å². The van der Waals surface area contributed by atoms with E-state index in [0.717, 1.165) is 43.2 Å². The van der Waals surface area contributed by atoms with Crippen LogP contribution in [-0.4, -0.2) is 23.3 Å². The molecule has 0 aromatic heterocycles. The topological polar surface area (TPSA) is 32.3 Å². The van der Waals surface area contributed by atoms with Crippen molar-refractivity contribution in [1.82, 2.24) is 5.32 Å². The van der Waals surface area contributed by atoms with E-state index in [1.807, 2.05) is 0 Å². The lowest BCUT2D eigenvalue weighted by atomic mass is 9.77. The van der Waals surface area contributed by atoms with E-state index in [2.05, 4.69) is 12.2 Å². The fourth-order valence-corrected chi connectivity index (χ4v) is 4.62. The fourth-order valence-electron chi connectivity index (χ4n) is 4.62. The van der Waals surface area contributed by atoms with Crippen LogP contribution in [0, 0.1) is 17.8 Å². The summed E-state index contributed by atoms with van der Waals surface area (Å²) in [4.78, 5) is 0. The molecule has 0 spiro atoms. The fraction of sp³-hybridized carbons (Fsp3) is 1.00. The highest BCUT2D eigenvalue weighted by atomic mass is 16.3. The molecule has 3 aliphatic carbocycles. The van der Waals surface area contributed by atoms with Crippen LogP contribution < -0.4 is 5.32 Å². The third kappa shape index (κ3) is 2.60. The van der Waals surface area contributed by atoms with Gasteiger partial charge in [0.05, 0.1) is 5.60 Å². The first-order chi connectivity index (χ1) is 8.68. The molecule has 0 heterocycles. The van der Waals surface area contributed by atoms with Crippen LogP contribution >= 0.6 is 0 Å². The molecule has 3 aliphatic rings. The van der Waals surface area contributed by atoms with E-state index in [1.165, 1.54) is 44.9 Å². The number of fused-ring (bicyclic) bond motifs is 2. The Morgan fingerprint density at radius 3 is 2.44 bits per heavy atom. The Morgan fingerprint density at radius 2 is 1.89 bits per heavy atom. The molecular weight excluding hydrogens is 222 g/mol. The van der Waals surface area contributed by atoms with Gasteiger partial charge in [-0.05, 0) is 62.7 Å². The average Bonchev–Trinajstić information content (AvgIpc) is 3.00. The van der Waals surface area contributed by atoms with Crippen LogP contribution in [0.1, 0.15) is 64.7 Å². The van der Waals surface area contributed by atoms with Gasteiger partial charge in [-0.2, -0.15) is 0 Å². The van der Waals surface area contributed by atoms with Crippen molar-refractivity contribution in [3.05, 3.63) is 0 Å². The molecule has 18 heavy (non-hydrogen) atoms. The van der Waals surface area contributed by atoms with Crippen LogP contribution in [0.5, 0.6) is 0 Å². The zero-order valence-corrected chi connectivity index (χ0v) is 11.8. The highest BCUT2D eigenvalue weighted by molar-refractivity contribution is 4.96. The zero-order chi connectivity index (χ0) is 12.6. The lowest BCUT2D eigenvalue weighted by molar-refractivity contribution is -0.0119. The SMILES string of the molecule is CCC1CCC(O)(CNC2CC3CCC2C3)CC1. The summed E-state index contributed by atoms with van der Waals surface area (Å²) >= 11 is 0. The molecule has 2 nitrogen and oxygen atoms in total. The summed E-state index contributed by atoms with van der Waals surface area (Å²) in [6, 6.07) is 0.719. The molecular formula is C16H29NO. The molecule has 3 saturated carbocycles. The summed E-state index contributed by atoms with van der Waals surface area (Å²) in [5.74, 6) is 2.79. The Morgan fingerprint density at radius 1 is 1.11 bits per heavy atom. The molecule has 3 unspecified atom stereocenters. The van der Waals surface area contributed by atoms with E-state index < -0.39 is 5.60 Å². The minimum absolute atomic E-state index is 0.395. The summed E-state index contributed by atoms with van der Waals surface area (Å²) in [5.41, 5.74) is -0.395. The average molecular weight is 251 g/mol. The van der Waals surface area contributed by atoms with Gasteiger partial charge < -0.3 is 10.4 Å². The van der Waals surface area contributed by atoms with Crippen molar-refractivity contribution in [2.45, 2.75) is 76.4 Å². The van der Waals surface area contributed by atoms with Crippen LogP contribution in [0.2, 0.25) is 0 Å². The predicted octanol–water partition coefficient (Wildman–Crippen LogP) is 3.10. The molecule has 0 aromatic carbocycles. The van der Waals surface area contributed by atoms with Gasteiger partial charge in [0, 0.05) is 12.6 Å². The van der Waals surface area contributed by atoms with Crippen LogP contribution in [0.3, 0.4) is 0 Å². The Kier molecular flexibility index (Phi) is 3.68. The second-order valence-electron chi connectivity index (χ2n) is 7.24. The Bertz CT molecular complexity index is 283. The molecule has 0 radical (unpaired) electrons. The summed E-state index contributed by atoms with van der Waals surface area (Å²) in [5, 5.41) is 14.4. The van der Waals surface area contributed by atoms with Gasteiger partial charge in [0.15, 0.2) is 0 Å². The molecule has 3 atom stereocenters. The number of hydrogen-bond donors (Lipinski definition) is 2. The third-order valence-electron chi connectivity index (χ3n) is 6.04. The summed E-state index contributed by atoms with van der Waals surface area (Å²) in [6.07, 6.45) is 11.5. The van der Waals surface area contributed by atoms with Gasteiger partial charge in [-0.1, -0.05) is 19.8 Å². The van der Waals surface area contributed by atoms with E-state index in [0.29, 0.717) is 0 Å². The van der Waals surface area contributed by atoms with Gasteiger partial charge in [0.2, 0.25) is 0 Å². The first-order valence-corrected chi connectivity index (χ1v) is 8.14. The van der Waals surface area contributed by atoms with E-state index >= 15 is 0 Å². The number of rotatable bonds is 4. The van der Waals surface area contributed by atoms with E-state index in [-0.39, 0.29) is 0 Å². The number of aliphatic hydroxyl groups is 1. The van der Waals surface area contributed by atoms with Crippen LogP contribution in [0.15, 0.2) is 0 Å². The van der Waals surface area contributed by atoms with Crippen molar-refractivity contribution in [2.24, 2.45) is 17.8 Å². The van der Waals surface area contributed by atoms with Gasteiger partial charge >= 0.3 is 0 Å². The highest BCUT2D eigenvalue weighted by Gasteiger charge is 2.40. The predicted molar refractivity (Wildman–Crippen MR) is 74.4 cm³/mol. The zero-order valence-electron chi connectivity index (χ0n) is 11.8. The molecule has 2 bridgehead atoms. The minimum atomic E-state index is -0.395. The minimum Gasteiger partial charge on any atom is -0.389 e. The summed E-state index contributed by atoms with van der Waals surface area (Å²) in [7, 11) is 0. The van der Waals surface area contributed by atoms with Crippen molar-refractivity contribution in [2.75, 3.05) is 6.54 Å². The standard InChI is InChI=1S/C16H29NO/c1-2-12-5-7-16(18,8-6-12)11-17-15-10-13-3-4-14(15)9-13/h12-15,17-18H,2-11H2,1H3. The Hall–Kier alpha value is -0.0800. The normalized spacial score (nSPS) is 47.7. The lowest BCUT2D eigenvalue weighted by Gasteiger charge is -2.37. The molecule has 0 aliphatic heterocycles. The second-order valence-corrected chi connectivity index (χ2v) is 7.24. The van der Waals surface area contributed by atoms with E-state index in [9.17, 15) is 5.11 Å². The van der Waals surface area contributed by atoms with Gasteiger partial charge in [0.1, 0.15) is 0 Å². The maximum Gasteiger partial charge on any atom is 0.0771 e. The first-order valence-electron chi connectivity index (χ1n) is 8.14. The van der Waals surface area contributed by atoms with E-state index in [4.69, 9.17) is 0 Å². The highest BCUT2D eigenvalue weighted by Crippen LogP contribution is 2.44. The molecule has 0 amide bonds. The maximum absolute atomic E-state index is 10.7.